The minimum Gasteiger partial charge on any atom is -0.481 e. The fraction of sp³-hybridized carbons (Fsp3) is 0.462. The summed E-state index contributed by atoms with van der Waals surface area (Å²) in [5.74, 6) is -1.50. The molecule has 2 heterocycles. The predicted octanol–water partition coefficient (Wildman–Crippen LogP) is 2.84. The average Bonchev–Trinajstić information content (AvgIpc) is 2.99. The summed E-state index contributed by atoms with van der Waals surface area (Å²) in [6.45, 7) is 0. The molecule has 0 radical (unpaired) electrons. The monoisotopic (exact) mass is 437 g/mol. The number of fused-ring (bicyclic) bond motifs is 2. The fourth-order valence-electron chi connectivity index (χ4n) is 3.37. The largest absolute Gasteiger partial charge is 0.481 e. The first-order chi connectivity index (χ1) is 9.82. The Morgan fingerprint density at radius 1 is 1.29 bits per heavy atom. The highest BCUT2D eigenvalue weighted by Crippen LogP contribution is 2.46. The van der Waals surface area contributed by atoms with Gasteiger partial charge in [-0.15, -0.1) is 0 Å². The van der Waals surface area contributed by atoms with E-state index in [-0.39, 0.29) is 10.9 Å². The molecular weight excluding hydrogens is 426 g/mol. The molecule has 0 saturated carbocycles. The van der Waals surface area contributed by atoms with E-state index in [4.69, 9.17) is 0 Å². The molecule has 8 heteroatoms. The topological polar surface area (TPSA) is 74.7 Å². The summed E-state index contributed by atoms with van der Waals surface area (Å²) >= 11 is 6.56. The van der Waals surface area contributed by atoms with Gasteiger partial charge in [0.25, 0.3) is 0 Å². The van der Waals surface area contributed by atoms with Gasteiger partial charge >= 0.3 is 5.97 Å². The lowest BCUT2D eigenvalue weighted by atomic mass is 9.89. The Morgan fingerprint density at radius 2 is 2.00 bits per heavy atom. The van der Waals surface area contributed by atoms with Crippen molar-refractivity contribution in [1.82, 2.24) is 4.31 Å². The number of rotatable bonds is 3. The SMILES string of the molecule is O=C(O)C1CC2CCC1N2S(=O)(=O)c1cc(Br)ccc1Br. The summed E-state index contributed by atoms with van der Waals surface area (Å²) in [7, 11) is -3.70. The molecule has 1 N–H and O–H groups in total. The van der Waals surface area contributed by atoms with Crippen molar-refractivity contribution in [2.24, 2.45) is 5.92 Å². The van der Waals surface area contributed by atoms with Crippen molar-refractivity contribution < 1.29 is 18.3 Å². The number of halogens is 2. The Morgan fingerprint density at radius 3 is 2.62 bits per heavy atom. The van der Waals surface area contributed by atoms with Crippen LogP contribution in [0, 0.1) is 5.92 Å². The van der Waals surface area contributed by atoms with E-state index in [1.807, 2.05) is 0 Å². The Hall–Kier alpha value is -0.440. The fourth-order valence-corrected chi connectivity index (χ4v) is 6.75. The standard InChI is InChI=1S/C13H13Br2NO4S/c14-7-1-3-10(15)12(5-7)21(19,20)16-8-2-4-11(16)9(6-8)13(17)18/h1,3,5,8-9,11H,2,4,6H2,(H,17,18). The van der Waals surface area contributed by atoms with Crippen LogP contribution in [-0.2, 0) is 14.8 Å². The van der Waals surface area contributed by atoms with Crippen molar-refractivity contribution in [3.8, 4) is 0 Å². The second-order valence-electron chi connectivity index (χ2n) is 5.39. The highest BCUT2D eigenvalue weighted by Gasteiger charge is 2.54. The van der Waals surface area contributed by atoms with Crippen molar-refractivity contribution in [3.05, 3.63) is 27.1 Å². The van der Waals surface area contributed by atoms with Crippen molar-refractivity contribution in [3.63, 3.8) is 0 Å². The number of carboxylic acid groups (broad SMARTS) is 1. The quantitative estimate of drug-likeness (QED) is 0.787. The van der Waals surface area contributed by atoms with Gasteiger partial charge in [-0.2, -0.15) is 4.31 Å². The summed E-state index contributed by atoms with van der Waals surface area (Å²) < 4.78 is 28.4. The molecule has 3 unspecified atom stereocenters. The zero-order valence-corrected chi connectivity index (χ0v) is 14.9. The van der Waals surface area contributed by atoms with E-state index in [0.29, 0.717) is 21.8 Å². The Labute approximate surface area is 139 Å². The molecule has 2 aliphatic rings. The predicted molar refractivity (Wildman–Crippen MR) is 83.4 cm³/mol. The molecule has 3 rings (SSSR count). The number of nitrogens with zero attached hydrogens (tertiary/aromatic N) is 1. The third-order valence-corrected chi connectivity index (χ3v) is 7.70. The Bertz CT molecular complexity index is 706. The maximum absolute atomic E-state index is 12.9. The van der Waals surface area contributed by atoms with Gasteiger partial charge in [-0.3, -0.25) is 4.79 Å². The molecule has 3 atom stereocenters. The molecular formula is C13H13Br2NO4S. The van der Waals surface area contributed by atoms with Crippen LogP contribution < -0.4 is 0 Å². The van der Waals surface area contributed by atoms with Gasteiger partial charge in [0.2, 0.25) is 10.0 Å². The van der Waals surface area contributed by atoms with Gasteiger partial charge in [0.1, 0.15) is 0 Å². The van der Waals surface area contributed by atoms with Crippen LogP contribution in [-0.4, -0.2) is 35.9 Å². The number of sulfonamides is 1. The van der Waals surface area contributed by atoms with Gasteiger partial charge in [-0.25, -0.2) is 8.42 Å². The van der Waals surface area contributed by atoms with Crippen LogP contribution in [0.15, 0.2) is 32.0 Å². The van der Waals surface area contributed by atoms with Crippen molar-refractivity contribution in [1.29, 1.82) is 0 Å². The molecule has 21 heavy (non-hydrogen) atoms. The smallest absolute Gasteiger partial charge is 0.308 e. The number of hydrogen-bond acceptors (Lipinski definition) is 3. The van der Waals surface area contributed by atoms with E-state index in [2.05, 4.69) is 31.9 Å². The van der Waals surface area contributed by atoms with Crippen molar-refractivity contribution in [2.45, 2.75) is 36.2 Å². The van der Waals surface area contributed by atoms with Crippen LogP contribution in [0.25, 0.3) is 0 Å². The van der Waals surface area contributed by atoms with Crippen LogP contribution in [0.3, 0.4) is 0 Å². The molecule has 2 aliphatic heterocycles. The lowest BCUT2D eigenvalue weighted by molar-refractivity contribution is -0.142. The summed E-state index contributed by atoms with van der Waals surface area (Å²) in [6, 6.07) is 4.34. The van der Waals surface area contributed by atoms with Crippen LogP contribution in [0.5, 0.6) is 0 Å². The first-order valence-corrected chi connectivity index (χ1v) is 9.56. The van der Waals surface area contributed by atoms with Crippen LogP contribution in [0.4, 0.5) is 0 Å². The first kappa shape index (κ1) is 15.5. The molecule has 114 valence electrons. The third kappa shape index (κ3) is 2.46. The van der Waals surface area contributed by atoms with E-state index in [9.17, 15) is 18.3 Å². The van der Waals surface area contributed by atoms with Gasteiger partial charge in [0.15, 0.2) is 0 Å². The molecule has 2 fully saturated rings. The molecule has 1 aromatic carbocycles. The number of benzene rings is 1. The molecule has 0 spiro atoms. The third-order valence-electron chi connectivity index (χ3n) is 4.24. The van der Waals surface area contributed by atoms with Crippen LogP contribution in [0.1, 0.15) is 19.3 Å². The van der Waals surface area contributed by atoms with Gasteiger partial charge < -0.3 is 5.11 Å². The number of aliphatic carboxylic acids is 1. The van der Waals surface area contributed by atoms with E-state index in [1.165, 1.54) is 4.31 Å². The Balaban J connectivity index is 2.04. The Kier molecular flexibility index (Phi) is 3.92. The van der Waals surface area contributed by atoms with E-state index in [1.54, 1.807) is 18.2 Å². The summed E-state index contributed by atoms with van der Waals surface area (Å²) in [5.41, 5.74) is 0. The maximum Gasteiger partial charge on any atom is 0.308 e. The minimum atomic E-state index is -3.70. The summed E-state index contributed by atoms with van der Waals surface area (Å²) in [4.78, 5) is 11.5. The molecule has 2 bridgehead atoms. The number of hydrogen-bond donors (Lipinski definition) is 1. The lowest BCUT2D eigenvalue weighted by Gasteiger charge is -2.23. The first-order valence-electron chi connectivity index (χ1n) is 6.54. The highest BCUT2D eigenvalue weighted by molar-refractivity contribution is 9.11. The molecule has 2 saturated heterocycles. The van der Waals surface area contributed by atoms with E-state index >= 15 is 0 Å². The average molecular weight is 439 g/mol. The normalized spacial score (nSPS) is 29.0. The number of carbonyl (C=O) groups is 1. The van der Waals surface area contributed by atoms with Crippen LogP contribution in [0.2, 0.25) is 0 Å². The van der Waals surface area contributed by atoms with Crippen molar-refractivity contribution in [2.75, 3.05) is 0 Å². The molecule has 0 aliphatic carbocycles. The second kappa shape index (κ2) is 5.33. The molecule has 0 aromatic heterocycles. The zero-order chi connectivity index (χ0) is 15.4. The second-order valence-corrected chi connectivity index (χ2v) is 8.97. The molecule has 0 amide bonds. The van der Waals surface area contributed by atoms with E-state index in [0.717, 1.165) is 6.42 Å². The molecule has 5 nitrogen and oxygen atoms in total. The maximum atomic E-state index is 12.9. The van der Waals surface area contributed by atoms with Gasteiger partial charge in [-0.1, -0.05) is 15.9 Å². The molecule has 1 aromatic rings. The van der Waals surface area contributed by atoms with Gasteiger partial charge in [-0.05, 0) is 53.4 Å². The summed E-state index contributed by atoms with van der Waals surface area (Å²) in [5, 5.41) is 9.25. The van der Waals surface area contributed by atoms with E-state index < -0.39 is 28.0 Å². The highest BCUT2D eigenvalue weighted by atomic mass is 79.9. The lowest BCUT2D eigenvalue weighted by Crippen LogP contribution is -2.38. The van der Waals surface area contributed by atoms with Gasteiger partial charge in [0, 0.05) is 21.0 Å². The number of carboxylic acids is 1. The van der Waals surface area contributed by atoms with Crippen LogP contribution >= 0.6 is 31.9 Å². The minimum absolute atomic E-state index is 0.180. The summed E-state index contributed by atoms with van der Waals surface area (Å²) in [6.07, 6.45) is 1.76. The van der Waals surface area contributed by atoms with Crippen molar-refractivity contribution >= 4 is 47.9 Å². The zero-order valence-electron chi connectivity index (χ0n) is 10.9. The van der Waals surface area contributed by atoms with Gasteiger partial charge in [0.05, 0.1) is 10.8 Å².